The van der Waals surface area contributed by atoms with Gasteiger partial charge in [0.25, 0.3) is 0 Å². The van der Waals surface area contributed by atoms with Crippen LogP contribution in [0.3, 0.4) is 0 Å². The van der Waals surface area contributed by atoms with E-state index in [9.17, 15) is 0 Å². The monoisotopic (exact) mass is 248 g/mol. The minimum Gasteiger partial charge on any atom is -0.268 e. The van der Waals surface area contributed by atoms with Gasteiger partial charge in [-0.25, -0.2) is 0 Å². The van der Waals surface area contributed by atoms with Crippen LogP contribution in [0.15, 0.2) is 12.1 Å². The van der Waals surface area contributed by atoms with E-state index in [0.717, 1.165) is 22.9 Å². The summed E-state index contributed by atoms with van der Waals surface area (Å²) in [5.74, 6) is 1.47. The van der Waals surface area contributed by atoms with Crippen LogP contribution in [0.2, 0.25) is 5.28 Å². The van der Waals surface area contributed by atoms with Gasteiger partial charge in [-0.15, -0.1) is 10.2 Å². The Balaban J connectivity index is 2.16. The molecular formula is C12H13ClN4. The second kappa shape index (κ2) is 3.81. The molecule has 2 aromatic rings. The molecular weight excluding hydrogens is 236 g/mol. The molecule has 2 heterocycles. The first kappa shape index (κ1) is 10.7. The SMILES string of the molecule is Cc1ccc(-n2c(Cl)nnc2C2CC2)c(C)n1. The van der Waals surface area contributed by atoms with Gasteiger partial charge in [0, 0.05) is 11.6 Å². The van der Waals surface area contributed by atoms with Crippen molar-refractivity contribution < 1.29 is 0 Å². The normalized spacial score (nSPS) is 15.2. The molecule has 0 radical (unpaired) electrons. The Labute approximate surface area is 105 Å². The van der Waals surface area contributed by atoms with E-state index in [1.165, 1.54) is 12.8 Å². The summed E-state index contributed by atoms with van der Waals surface area (Å²) in [5, 5.41) is 8.56. The summed E-state index contributed by atoms with van der Waals surface area (Å²) < 4.78 is 1.92. The lowest BCUT2D eigenvalue weighted by Crippen LogP contribution is -2.04. The molecule has 0 spiro atoms. The minimum atomic E-state index is 0.417. The van der Waals surface area contributed by atoms with Gasteiger partial charge in [-0.3, -0.25) is 9.55 Å². The third kappa shape index (κ3) is 1.82. The van der Waals surface area contributed by atoms with Gasteiger partial charge in [-0.2, -0.15) is 0 Å². The maximum absolute atomic E-state index is 6.12. The lowest BCUT2D eigenvalue weighted by Gasteiger charge is -2.10. The summed E-state index contributed by atoms with van der Waals surface area (Å²) >= 11 is 6.12. The number of pyridine rings is 1. The number of nitrogens with zero attached hydrogens (tertiary/aromatic N) is 4. The standard InChI is InChI=1S/C12H13ClN4/c1-7-3-6-10(8(2)14-7)17-11(9-4-5-9)15-16-12(17)13/h3,6,9H,4-5H2,1-2H3. The number of rotatable bonds is 2. The number of halogens is 1. The first-order chi connectivity index (χ1) is 8.16. The van der Waals surface area contributed by atoms with Crippen LogP contribution in [0.1, 0.15) is 36.0 Å². The van der Waals surface area contributed by atoms with Crippen LogP contribution in [0.4, 0.5) is 0 Å². The zero-order valence-corrected chi connectivity index (χ0v) is 10.6. The Morgan fingerprint density at radius 3 is 2.65 bits per heavy atom. The van der Waals surface area contributed by atoms with Gasteiger partial charge in [0.1, 0.15) is 5.82 Å². The Hall–Kier alpha value is -1.42. The van der Waals surface area contributed by atoms with E-state index in [2.05, 4.69) is 15.2 Å². The molecule has 0 aliphatic heterocycles. The molecule has 2 aromatic heterocycles. The molecule has 17 heavy (non-hydrogen) atoms. The summed E-state index contributed by atoms with van der Waals surface area (Å²) in [6.07, 6.45) is 2.35. The van der Waals surface area contributed by atoms with Crippen LogP contribution in [0.25, 0.3) is 5.69 Å². The smallest absolute Gasteiger partial charge is 0.229 e. The zero-order valence-electron chi connectivity index (χ0n) is 9.81. The predicted molar refractivity (Wildman–Crippen MR) is 65.6 cm³/mol. The number of aromatic nitrogens is 4. The van der Waals surface area contributed by atoms with Crippen molar-refractivity contribution in [3.05, 3.63) is 34.6 Å². The lowest BCUT2D eigenvalue weighted by molar-refractivity contribution is 0.860. The third-order valence-electron chi connectivity index (χ3n) is 3.03. The number of hydrogen-bond donors (Lipinski definition) is 0. The highest BCUT2D eigenvalue weighted by atomic mass is 35.5. The largest absolute Gasteiger partial charge is 0.268 e. The average molecular weight is 249 g/mol. The average Bonchev–Trinajstić information content (AvgIpc) is 3.04. The highest BCUT2D eigenvalue weighted by Gasteiger charge is 2.31. The summed E-state index contributed by atoms with van der Waals surface area (Å²) in [6.45, 7) is 3.96. The molecule has 3 rings (SSSR count). The molecule has 1 aliphatic rings. The van der Waals surface area contributed by atoms with Crippen molar-refractivity contribution in [2.24, 2.45) is 0 Å². The Morgan fingerprint density at radius 2 is 2.00 bits per heavy atom. The van der Waals surface area contributed by atoms with Gasteiger partial charge in [-0.1, -0.05) is 0 Å². The Kier molecular flexibility index (Phi) is 2.40. The van der Waals surface area contributed by atoms with Crippen molar-refractivity contribution in [2.45, 2.75) is 32.6 Å². The molecule has 0 atom stereocenters. The third-order valence-corrected chi connectivity index (χ3v) is 3.27. The van der Waals surface area contributed by atoms with Crippen LogP contribution >= 0.6 is 11.6 Å². The first-order valence-electron chi connectivity index (χ1n) is 5.72. The second-order valence-corrected chi connectivity index (χ2v) is 4.83. The lowest BCUT2D eigenvalue weighted by atomic mass is 10.2. The maximum Gasteiger partial charge on any atom is 0.229 e. The van der Waals surface area contributed by atoms with Crippen molar-refractivity contribution in [1.29, 1.82) is 0 Å². The van der Waals surface area contributed by atoms with E-state index in [-0.39, 0.29) is 0 Å². The quantitative estimate of drug-likeness (QED) is 0.821. The van der Waals surface area contributed by atoms with Crippen LogP contribution in [-0.4, -0.2) is 19.7 Å². The van der Waals surface area contributed by atoms with E-state index < -0.39 is 0 Å². The Morgan fingerprint density at radius 1 is 1.24 bits per heavy atom. The molecule has 0 aromatic carbocycles. The molecule has 4 nitrogen and oxygen atoms in total. The molecule has 0 saturated heterocycles. The molecule has 0 bridgehead atoms. The summed E-state index contributed by atoms with van der Waals surface area (Å²) in [7, 11) is 0. The molecule has 1 saturated carbocycles. The van der Waals surface area contributed by atoms with Crippen molar-refractivity contribution in [3.8, 4) is 5.69 Å². The number of aryl methyl sites for hydroxylation is 2. The van der Waals surface area contributed by atoms with Gasteiger partial charge in [0.2, 0.25) is 5.28 Å². The summed E-state index contributed by atoms with van der Waals surface area (Å²) in [5.41, 5.74) is 2.93. The maximum atomic E-state index is 6.12. The summed E-state index contributed by atoms with van der Waals surface area (Å²) in [4.78, 5) is 4.46. The fourth-order valence-electron chi connectivity index (χ4n) is 2.02. The Bertz CT molecular complexity index is 572. The van der Waals surface area contributed by atoms with Gasteiger partial charge >= 0.3 is 0 Å². The van der Waals surface area contributed by atoms with Gasteiger partial charge in [0.15, 0.2) is 0 Å². The van der Waals surface area contributed by atoms with Gasteiger partial charge < -0.3 is 0 Å². The van der Waals surface area contributed by atoms with E-state index in [1.54, 1.807) is 0 Å². The van der Waals surface area contributed by atoms with Crippen molar-refractivity contribution in [1.82, 2.24) is 19.7 Å². The van der Waals surface area contributed by atoms with E-state index in [0.29, 0.717) is 11.2 Å². The van der Waals surface area contributed by atoms with Crippen molar-refractivity contribution in [2.75, 3.05) is 0 Å². The van der Waals surface area contributed by atoms with Crippen LogP contribution in [0, 0.1) is 13.8 Å². The molecule has 0 unspecified atom stereocenters. The topological polar surface area (TPSA) is 43.6 Å². The van der Waals surface area contributed by atoms with Crippen LogP contribution in [0.5, 0.6) is 0 Å². The van der Waals surface area contributed by atoms with Gasteiger partial charge in [0.05, 0.1) is 11.4 Å². The molecule has 88 valence electrons. The van der Waals surface area contributed by atoms with E-state index in [4.69, 9.17) is 11.6 Å². The zero-order chi connectivity index (χ0) is 12.0. The van der Waals surface area contributed by atoms with Gasteiger partial charge in [-0.05, 0) is 50.4 Å². The summed E-state index contributed by atoms with van der Waals surface area (Å²) in [6, 6.07) is 4.01. The first-order valence-corrected chi connectivity index (χ1v) is 6.10. The van der Waals surface area contributed by atoms with Crippen molar-refractivity contribution >= 4 is 11.6 Å². The molecule has 0 N–H and O–H groups in total. The molecule has 0 amide bonds. The molecule has 1 fully saturated rings. The van der Waals surface area contributed by atoms with E-state index >= 15 is 0 Å². The second-order valence-electron chi connectivity index (χ2n) is 4.49. The fraction of sp³-hybridized carbons (Fsp3) is 0.417. The minimum absolute atomic E-state index is 0.417. The fourth-order valence-corrected chi connectivity index (χ4v) is 2.24. The van der Waals surface area contributed by atoms with Crippen molar-refractivity contribution in [3.63, 3.8) is 0 Å². The highest BCUT2D eigenvalue weighted by molar-refractivity contribution is 6.28. The highest BCUT2D eigenvalue weighted by Crippen LogP contribution is 2.40. The van der Waals surface area contributed by atoms with Crippen LogP contribution in [-0.2, 0) is 0 Å². The molecule has 1 aliphatic carbocycles. The van der Waals surface area contributed by atoms with E-state index in [1.807, 2.05) is 30.5 Å². The predicted octanol–water partition coefficient (Wildman–Crippen LogP) is 2.81. The number of hydrogen-bond acceptors (Lipinski definition) is 3. The van der Waals surface area contributed by atoms with Crippen LogP contribution < -0.4 is 0 Å². The molecule has 5 heteroatoms.